The number of carbonyl (C=O) groups excluding carboxylic acids is 1. The maximum Gasteiger partial charge on any atom is 0.250 e. The van der Waals surface area contributed by atoms with Gasteiger partial charge in [-0.1, -0.05) is 6.92 Å². The predicted molar refractivity (Wildman–Crippen MR) is 65.8 cm³/mol. The number of aryl methyl sites for hydroxylation is 1. The first-order valence-electron chi connectivity index (χ1n) is 5.61. The third-order valence-electron chi connectivity index (χ3n) is 2.86. The average molecular weight is 231 g/mol. The van der Waals surface area contributed by atoms with Gasteiger partial charge in [0.2, 0.25) is 0 Å². The summed E-state index contributed by atoms with van der Waals surface area (Å²) in [7, 11) is 0. The van der Waals surface area contributed by atoms with Gasteiger partial charge in [-0.2, -0.15) is 0 Å². The molecule has 89 valence electrons. The number of aliphatic hydroxyl groups excluding tert-OH is 1. The number of fused-ring (bicyclic) bond motifs is 1. The number of aromatic nitrogens is 1. The molecule has 2 rings (SSSR count). The summed E-state index contributed by atoms with van der Waals surface area (Å²) in [5, 5.41) is 9.82. The summed E-state index contributed by atoms with van der Waals surface area (Å²) in [4.78, 5) is 11.4. The third-order valence-corrected chi connectivity index (χ3v) is 2.86. The fourth-order valence-corrected chi connectivity index (χ4v) is 1.97. The molecule has 1 radical (unpaired) electrons. The lowest BCUT2D eigenvalue weighted by molar-refractivity contribution is 0.100. The van der Waals surface area contributed by atoms with Crippen LogP contribution >= 0.6 is 0 Å². The maximum absolute atomic E-state index is 11.4. The molecule has 0 spiro atoms. The Morgan fingerprint density at radius 1 is 1.59 bits per heavy atom. The molecule has 3 N–H and O–H groups in total. The fourth-order valence-electron chi connectivity index (χ4n) is 1.97. The van der Waals surface area contributed by atoms with Crippen molar-refractivity contribution in [2.45, 2.75) is 19.9 Å². The van der Waals surface area contributed by atoms with E-state index in [1.165, 1.54) is 0 Å². The largest absolute Gasteiger partial charge is 0.395 e. The molecule has 0 fully saturated rings. The summed E-state index contributed by atoms with van der Waals surface area (Å²) < 4.78 is 1.82. The van der Waals surface area contributed by atoms with E-state index in [1.807, 2.05) is 23.6 Å². The first-order chi connectivity index (χ1) is 8.17. The summed E-state index contributed by atoms with van der Waals surface area (Å²) in [6.07, 6.45) is 2.55. The molecule has 0 aliphatic heterocycles. The Morgan fingerprint density at radius 3 is 2.94 bits per heavy atom. The van der Waals surface area contributed by atoms with Gasteiger partial charge < -0.3 is 15.4 Å². The fraction of sp³-hybridized carbons (Fsp3) is 0.308. The van der Waals surface area contributed by atoms with Gasteiger partial charge in [-0.05, 0) is 30.2 Å². The molecule has 0 saturated carbocycles. The van der Waals surface area contributed by atoms with Crippen LogP contribution in [0.15, 0.2) is 18.3 Å². The highest BCUT2D eigenvalue weighted by Gasteiger charge is 2.12. The zero-order valence-corrected chi connectivity index (χ0v) is 9.73. The molecule has 0 unspecified atom stereocenters. The van der Waals surface area contributed by atoms with Crippen LogP contribution in [0, 0.1) is 6.07 Å². The molecular weight excluding hydrogens is 216 g/mol. The van der Waals surface area contributed by atoms with Gasteiger partial charge in [-0.3, -0.25) is 4.79 Å². The Balaban J connectivity index is 2.67. The molecule has 1 heterocycles. The van der Waals surface area contributed by atoms with E-state index >= 15 is 0 Å². The lowest BCUT2D eigenvalue weighted by Gasteiger charge is -2.02. The number of primary amides is 1. The van der Waals surface area contributed by atoms with Gasteiger partial charge >= 0.3 is 0 Å². The Morgan fingerprint density at radius 2 is 2.35 bits per heavy atom. The average Bonchev–Trinajstić information content (AvgIpc) is 2.68. The minimum atomic E-state index is -0.444. The first kappa shape index (κ1) is 11.7. The molecule has 1 aromatic carbocycles. The zero-order chi connectivity index (χ0) is 12.4. The van der Waals surface area contributed by atoms with E-state index in [0.29, 0.717) is 12.1 Å². The quantitative estimate of drug-likeness (QED) is 0.827. The summed E-state index contributed by atoms with van der Waals surface area (Å²) in [5.74, 6) is -0.444. The van der Waals surface area contributed by atoms with Crippen LogP contribution in [0.4, 0.5) is 0 Å². The van der Waals surface area contributed by atoms with Gasteiger partial charge in [-0.25, -0.2) is 0 Å². The van der Waals surface area contributed by atoms with Crippen molar-refractivity contribution in [3.05, 3.63) is 35.5 Å². The zero-order valence-electron chi connectivity index (χ0n) is 9.73. The van der Waals surface area contributed by atoms with E-state index in [-0.39, 0.29) is 6.61 Å². The Hall–Kier alpha value is -1.81. The Labute approximate surface area is 99.7 Å². The minimum Gasteiger partial charge on any atom is -0.395 e. The van der Waals surface area contributed by atoms with Crippen molar-refractivity contribution < 1.29 is 9.90 Å². The van der Waals surface area contributed by atoms with Gasteiger partial charge in [0.1, 0.15) is 0 Å². The monoisotopic (exact) mass is 231 g/mol. The number of nitrogens with zero attached hydrogens (tertiary/aromatic N) is 1. The van der Waals surface area contributed by atoms with Crippen molar-refractivity contribution in [3.8, 4) is 0 Å². The number of aliphatic hydroxyl groups is 1. The highest BCUT2D eigenvalue weighted by Crippen LogP contribution is 2.22. The number of amides is 1. The number of carbonyl (C=O) groups is 1. The van der Waals surface area contributed by atoms with Crippen LogP contribution < -0.4 is 5.73 Å². The molecule has 4 heteroatoms. The van der Waals surface area contributed by atoms with Crippen molar-refractivity contribution >= 4 is 16.8 Å². The second-order valence-electron chi connectivity index (χ2n) is 3.93. The molecule has 0 saturated heterocycles. The Kier molecular flexibility index (Phi) is 3.15. The number of hydrogen-bond acceptors (Lipinski definition) is 2. The van der Waals surface area contributed by atoms with E-state index < -0.39 is 5.91 Å². The highest BCUT2D eigenvalue weighted by atomic mass is 16.3. The second kappa shape index (κ2) is 4.59. The van der Waals surface area contributed by atoms with Crippen molar-refractivity contribution in [2.24, 2.45) is 5.73 Å². The van der Waals surface area contributed by atoms with E-state index in [1.54, 1.807) is 6.20 Å². The predicted octanol–water partition coefficient (Wildman–Crippen LogP) is 1.10. The molecule has 1 amide bonds. The van der Waals surface area contributed by atoms with Crippen LogP contribution in [-0.2, 0) is 13.0 Å². The van der Waals surface area contributed by atoms with Gasteiger partial charge in [0.15, 0.2) is 0 Å². The number of hydrogen-bond donors (Lipinski definition) is 2. The van der Waals surface area contributed by atoms with Crippen LogP contribution in [-0.4, -0.2) is 22.2 Å². The van der Waals surface area contributed by atoms with Gasteiger partial charge in [-0.15, -0.1) is 0 Å². The van der Waals surface area contributed by atoms with Crippen LogP contribution in [0.3, 0.4) is 0 Å². The third kappa shape index (κ3) is 2.03. The van der Waals surface area contributed by atoms with Gasteiger partial charge in [0, 0.05) is 23.6 Å². The van der Waals surface area contributed by atoms with E-state index in [2.05, 4.69) is 6.07 Å². The highest BCUT2D eigenvalue weighted by molar-refractivity contribution is 6.06. The summed E-state index contributed by atoms with van der Waals surface area (Å²) in [6, 6.07) is 6.93. The van der Waals surface area contributed by atoms with Gasteiger partial charge in [0.05, 0.1) is 12.2 Å². The second-order valence-corrected chi connectivity index (χ2v) is 3.93. The van der Waals surface area contributed by atoms with Crippen LogP contribution in [0.25, 0.3) is 10.9 Å². The Bertz CT molecular complexity index is 558. The topological polar surface area (TPSA) is 68.2 Å². The smallest absolute Gasteiger partial charge is 0.250 e. The normalized spacial score (nSPS) is 10.9. The summed E-state index contributed by atoms with van der Waals surface area (Å²) in [6.45, 7) is 2.51. The summed E-state index contributed by atoms with van der Waals surface area (Å²) in [5.41, 5.74) is 7.78. The van der Waals surface area contributed by atoms with Crippen LogP contribution in [0.2, 0.25) is 0 Å². The van der Waals surface area contributed by atoms with Crippen LogP contribution in [0.1, 0.15) is 22.8 Å². The molecule has 4 nitrogen and oxygen atoms in total. The van der Waals surface area contributed by atoms with Crippen molar-refractivity contribution in [3.63, 3.8) is 0 Å². The van der Waals surface area contributed by atoms with Crippen LogP contribution in [0.5, 0.6) is 0 Å². The lowest BCUT2D eigenvalue weighted by Crippen LogP contribution is -2.10. The SMILES string of the molecule is CCc1[c]cc2c(c1)c(C(N)=O)cn2CCO. The number of benzene rings is 1. The van der Waals surface area contributed by atoms with E-state index in [9.17, 15) is 4.79 Å². The maximum atomic E-state index is 11.4. The molecule has 17 heavy (non-hydrogen) atoms. The first-order valence-corrected chi connectivity index (χ1v) is 5.61. The van der Waals surface area contributed by atoms with E-state index in [4.69, 9.17) is 10.8 Å². The molecule has 0 atom stereocenters. The molecule has 0 aliphatic rings. The van der Waals surface area contributed by atoms with Crippen molar-refractivity contribution in [2.75, 3.05) is 6.61 Å². The summed E-state index contributed by atoms with van der Waals surface area (Å²) >= 11 is 0. The molecule has 0 aliphatic carbocycles. The molecule has 1 aromatic heterocycles. The molecule has 0 bridgehead atoms. The van der Waals surface area contributed by atoms with Crippen molar-refractivity contribution in [1.82, 2.24) is 4.57 Å². The minimum absolute atomic E-state index is 0.0253. The molecule has 2 aromatic rings. The van der Waals surface area contributed by atoms with Gasteiger partial charge in [0.25, 0.3) is 5.91 Å². The molecular formula is C13H15N2O2. The standard InChI is InChI=1S/C13H15N2O2/c1-2-9-3-4-12-10(7-9)11(13(14)17)8-15(12)5-6-16/h4,7-8,16H,2,5-6H2,1H3,(H2,14,17). The van der Waals surface area contributed by atoms with E-state index in [0.717, 1.165) is 22.9 Å². The lowest BCUT2D eigenvalue weighted by atomic mass is 10.1. The van der Waals surface area contributed by atoms with Crippen molar-refractivity contribution in [1.29, 1.82) is 0 Å². The number of rotatable bonds is 4. The number of nitrogens with two attached hydrogens (primary N) is 1.